The maximum Gasteiger partial charge on any atom is 0.131 e. The Morgan fingerprint density at radius 1 is 1.22 bits per heavy atom. The average Bonchev–Trinajstić information content (AvgIpc) is 2.35. The van der Waals surface area contributed by atoms with Crippen molar-refractivity contribution < 1.29 is 13.5 Å². The number of methoxy groups -OCH3 is 1. The first kappa shape index (κ1) is 13.4. The van der Waals surface area contributed by atoms with Gasteiger partial charge in [-0.15, -0.1) is 0 Å². The summed E-state index contributed by atoms with van der Waals surface area (Å²) in [7, 11) is 1.42. The van der Waals surface area contributed by atoms with Crippen LogP contribution < -0.4 is 5.32 Å². The number of ether oxygens (including phenoxy) is 1. The average molecular weight is 256 g/mol. The van der Waals surface area contributed by atoms with Crippen LogP contribution in [0.15, 0.2) is 12.1 Å². The molecule has 0 saturated carbocycles. The van der Waals surface area contributed by atoms with Crippen LogP contribution in [0.25, 0.3) is 0 Å². The summed E-state index contributed by atoms with van der Waals surface area (Å²) >= 11 is 0. The van der Waals surface area contributed by atoms with Crippen molar-refractivity contribution in [2.75, 3.05) is 33.3 Å². The molecule has 100 valence electrons. The molecule has 1 heterocycles. The van der Waals surface area contributed by atoms with Crippen LogP contribution in [-0.4, -0.2) is 38.2 Å². The first-order valence-electron chi connectivity index (χ1n) is 6.09. The van der Waals surface area contributed by atoms with Gasteiger partial charge in [-0.1, -0.05) is 0 Å². The number of rotatable bonds is 4. The second kappa shape index (κ2) is 6.22. The van der Waals surface area contributed by atoms with Crippen molar-refractivity contribution in [3.05, 3.63) is 34.9 Å². The molecule has 0 spiro atoms. The first-order chi connectivity index (χ1) is 8.70. The summed E-state index contributed by atoms with van der Waals surface area (Å²) in [5.41, 5.74) is 0.674. The molecule has 0 atom stereocenters. The second-order valence-corrected chi connectivity index (χ2v) is 4.50. The number of piperazine rings is 1. The highest BCUT2D eigenvalue weighted by Crippen LogP contribution is 2.17. The van der Waals surface area contributed by atoms with Gasteiger partial charge in [0.1, 0.15) is 11.6 Å². The zero-order valence-corrected chi connectivity index (χ0v) is 10.5. The molecule has 1 aromatic carbocycles. The maximum absolute atomic E-state index is 13.7. The molecule has 2 rings (SSSR count). The van der Waals surface area contributed by atoms with Crippen LogP contribution in [0, 0.1) is 11.6 Å². The molecule has 0 aliphatic carbocycles. The molecular weight excluding hydrogens is 238 g/mol. The van der Waals surface area contributed by atoms with Gasteiger partial charge in [0, 0.05) is 45.4 Å². The molecule has 0 amide bonds. The molecule has 1 aromatic rings. The fourth-order valence-electron chi connectivity index (χ4n) is 2.16. The van der Waals surface area contributed by atoms with E-state index in [1.807, 2.05) is 0 Å². The fraction of sp³-hybridized carbons (Fsp3) is 0.538. The normalized spacial score (nSPS) is 17.1. The summed E-state index contributed by atoms with van der Waals surface area (Å²) in [4.78, 5) is 2.18. The van der Waals surface area contributed by atoms with E-state index in [1.165, 1.54) is 19.2 Å². The van der Waals surface area contributed by atoms with Crippen LogP contribution in [0.4, 0.5) is 8.78 Å². The number of hydrogen-bond acceptors (Lipinski definition) is 3. The van der Waals surface area contributed by atoms with E-state index >= 15 is 0 Å². The van der Waals surface area contributed by atoms with Crippen LogP contribution in [0.3, 0.4) is 0 Å². The third-order valence-electron chi connectivity index (χ3n) is 3.11. The van der Waals surface area contributed by atoms with Crippen molar-refractivity contribution in [3.8, 4) is 0 Å². The summed E-state index contributed by atoms with van der Waals surface area (Å²) in [6.45, 7) is 4.21. The number of nitrogens with one attached hydrogen (secondary N) is 1. The van der Waals surface area contributed by atoms with Crippen molar-refractivity contribution in [1.29, 1.82) is 0 Å². The Bertz CT molecular complexity index is 383. The Hall–Kier alpha value is -1.04. The van der Waals surface area contributed by atoms with Crippen molar-refractivity contribution in [1.82, 2.24) is 10.2 Å². The highest BCUT2D eigenvalue weighted by atomic mass is 19.1. The van der Waals surface area contributed by atoms with Gasteiger partial charge >= 0.3 is 0 Å². The number of halogens is 2. The van der Waals surface area contributed by atoms with Crippen molar-refractivity contribution in [2.24, 2.45) is 0 Å². The second-order valence-electron chi connectivity index (χ2n) is 4.50. The SMILES string of the molecule is COCc1c(F)cc(CN2CCNCC2)cc1F. The molecule has 0 unspecified atom stereocenters. The predicted octanol–water partition coefficient (Wildman–Crippen LogP) is 1.52. The zero-order valence-electron chi connectivity index (χ0n) is 10.5. The topological polar surface area (TPSA) is 24.5 Å². The van der Waals surface area contributed by atoms with Gasteiger partial charge in [-0.3, -0.25) is 4.90 Å². The lowest BCUT2D eigenvalue weighted by molar-refractivity contribution is 0.177. The third-order valence-corrected chi connectivity index (χ3v) is 3.11. The molecule has 0 radical (unpaired) electrons. The summed E-state index contributed by atoms with van der Waals surface area (Å²) in [5.74, 6) is -1.05. The third kappa shape index (κ3) is 3.25. The molecule has 1 fully saturated rings. The van der Waals surface area contributed by atoms with Gasteiger partial charge in [-0.25, -0.2) is 8.78 Å². The Morgan fingerprint density at radius 2 is 1.83 bits per heavy atom. The summed E-state index contributed by atoms with van der Waals surface area (Å²) in [5, 5.41) is 3.24. The summed E-state index contributed by atoms with van der Waals surface area (Å²) < 4.78 is 32.2. The van der Waals surface area contributed by atoms with Gasteiger partial charge in [-0.2, -0.15) is 0 Å². The Kier molecular flexibility index (Phi) is 4.63. The van der Waals surface area contributed by atoms with Gasteiger partial charge in [0.15, 0.2) is 0 Å². The molecule has 1 aliphatic heterocycles. The van der Waals surface area contributed by atoms with Gasteiger partial charge in [0.05, 0.1) is 6.61 Å². The van der Waals surface area contributed by atoms with Gasteiger partial charge in [0.25, 0.3) is 0 Å². The van der Waals surface area contributed by atoms with E-state index in [2.05, 4.69) is 10.2 Å². The van der Waals surface area contributed by atoms with Gasteiger partial charge in [0.2, 0.25) is 0 Å². The largest absolute Gasteiger partial charge is 0.380 e. The fourth-order valence-corrected chi connectivity index (χ4v) is 2.16. The predicted molar refractivity (Wildman–Crippen MR) is 65.2 cm³/mol. The molecule has 1 N–H and O–H groups in total. The first-order valence-corrected chi connectivity index (χ1v) is 6.09. The standard InChI is InChI=1S/C13H18F2N2O/c1-18-9-11-12(14)6-10(7-13(11)15)8-17-4-2-16-3-5-17/h6-7,16H,2-5,8-9H2,1H3. The lowest BCUT2D eigenvalue weighted by atomic mass is 10.1. The number of hydrogen-bond donors (Lipinski definition) is 1. The summed E-state index contributed by atoms with van der Waals surface area (Å²) in [6.07, 6.45) is 0. The molecule has 0 aromatic heterocycles. The number of nitrogens with zero attached hydrogens (tertiary/aromatic N) is 1. The van der Waals surface area contributed by atoms with E-state index in [1.54, 1.807) is 0 Å². The van der Waals surface area contributed by atoms with Crippen LogP contribution in [0.1, 0.15) is 11.1 Å². The molecule has 18 heavy (non-hydrogen) atoms. The van der Waals surface area contributed by atoms with Gasteiger partial charge in [-0.05, 0) is 17.7 Å². The minimum atomic E-state index is -0.526. The molecule has 1 aliphatic rings. The highest BCUT2D eigenvalue weighted by molar-refractivity contribution is 5.26. The van der Waals surface area contributed by atoms with Gasteiger partial charge < -0.3 is 10.1 Å². The van der Waals surface area contributed by atoms with Crippen molar-refractivity contribution in [3.63, 3.8) is 0 Å². The lowest BCUT2D eigenvalue weighted by Crippen LogP contribution is -2.42. The molecular formula is C13H18F2N2O. The minimum Gasteiger partial charge on any atom is -0.380 e. The monoisotopic (exact) mass is 256 g/mol. The van der Waals surface area contributed by atoms with E-state index in [9.17, 15) is 8.78 Å². The number of benzene rings is 1. The molecule has 5 heteroatoms. The molecule has 3 nitrogen and oxygen atoms in total. The van der Waals surface area contributed by atoms with E-state index < -0.39 is 11.6 Å². The van der Waals surface area contributed by atoms with E-state index in [0.29, 0.717) is 12.1 Å². The van der Waals surface area contributed by atoms with Crippen LogP contribution in [0.5, 0.6) is 0 Å². The van der Waals surface area contributed by atoms with Crippen molar-refractivity contribution >= 4 is 0 Å². The zero-order chi connectivity index (χ0) is 13.0. The van der Waals surface area contributed by atoms with Crippen LogP contribution >= 0.6 is 0 Å². The molecule has 1 saturated heterocycles. The van der Waals surface area contributed by atoms with E-state index in [4.69, 9.17) is 4.74 Å². The van der Waals surface area contributed by atoms with Crippen LogP contribution in [-0.2, 0) is 17.9 Å². The summed E-state index contributed by atoms with van der Waals surface area (Å²) in [6, 6.07) is 2.80. The van der Waals surface area contributed by atoms with E-state index in [0.717, 1.165) is 26.2 Å². The van der Waals surface area contributed by atoms with Crippen molar-refractivity contribution in [2.45, 2.75) is 13.2 Å². The van der Waals surface area contributed by atoms with Crippen LogP contribution in [0.2, 0.25) is 0 Å². The quantitative estimate of drug-likeness (QED) is 0.884. The smallest absolute Gasteiger partial charge is 0.131 e. The Morgan fingerprint density at radius 3 is 2.39 bits per heavy atom. The Labute approximate surface area is 106 Å². The maximum atomic E-state index is 13.7. The minimum absolute atomic E-state index is 0.00145. The lowest BCUT2D eigenvalue weighted by Gasteiger charge is -2.27. The molecule has 0 bridgehead atoms. The highest BCUT2D eigenvalue weighted by Gasteiger charge is 2.14. The van der Waals surface area contributed by atoms with E-state index in [-0.39, 0.29) is 12.2 Å². The Balaban J connectivity index is 2.09.